The van der Waals surface area contributed by atoms with Crippen molar-refractivity contribution in [3.8, 4) is 0 Å². The monoisotopic (exact) mass is 194 g/mol. The van der Waals surface area contributed by atoms with E-state index in [0.717, 1.165) is 11.1 Å². The number of nitrogens with two attached hydrogens (primary N) is 2. The molecule has 0 radical (unpaired) electrons. The van der Waals surface area contributed by atoms with Gasteiger partial charge in [-0.2, -0.15) is 0 Å². The molecule has 0 bridgehead atoms. The van der Waals surface area contributed by atoms with Crippen molar-refractivity contribution in [2.24, 2.45) is 5.73 Å². The summed E-state index contributed by atoms with van der Waals surface area (Å²) in [6.45, 7) is 1.87. The molecule has 4 heteroatoms. The van der Waals surface area contributed by atoms with Gasteiger partial charge >= 0.3 is 5.97 Å². The SMILES string of the molecule is Cc1cc([C@H](N)CC(=O)O)ccc1N. The van der Waals surface area contributed by atoms with E-state index in [4.69, 9.17) is 16.6 Å². The largest absolute Gasteiger partial charge is 0.481 e. The van der Waals surface area contributed by atoms with Crippen LogP contribution in [0.1, 0.15) is 23.6 Å². The Labute approximate surface area is 82.5 Å². The molecule has 1 atom stereocenters. The molecule has 0 aliphatic heterocycles. The molecule has 0 amide bonds. The Morgan fingerprint density at radius 3 is 2.71 bits per heavy atom. The molecule has 0 aromatic heterocycles. The summed E-state index contributed by atoms with van der Waals surface area (Å²) in [6, 6.07) is 4.86. The lowest BCUT2D eigenvalue weighted by Gasteiger charge is -2.10. The van der Waals surface area contributed by atoms with Crippen LogP contribution in [0.3, 0.4) is 0 Å². The van der Waals surface area contributed by atoms with Crippen LogP contribution in [0.15, 0.2) is 18.2 Å². The van der Waals surface area contributed by atoms with Crippen LogP contribution in [0.4, 0.5) is 5.69 Å². The minimum atomic E-state index is -0.896. The molecular weight excluding hydrogens is 180 g/mol. The van der Waals surface area contributed by atoms with Gasteiger partial charge in [0, 0.05) is 11.7 Å². The summed E-state index contributed by atoms with van der Waals surface area (Å²) >= 11 is 0. The molecule has 0 aliphatic rings. The van der Waals surface area contributed by atoms with E-state index in [1.165, 1.54) is 0 Å². The van der Waals surface area contributed by atoms with E-state index in [2.05, 4.69) is 0 Å². The summed E-state index contributed by atoms with van der Waals surface area (Å²) in [5.74, 6) is -0.896. The zero-order valence-electron chi connectivity index (χ0n) is 8.03. The maximum Gasteiger partial charge on any atom is 0.305 e. The second kappa shape index (κ2) is 4.11. The maximum absolute atomic E-state index is 10.4. The molecule has 0 saturated carbocycles. The highest BCUT2D eigenvalue weighted by Gasteiger charge is 2.10. The Bertz CT molecular complexity index is 350. The van der Waals surface area contributed by atoms with Crippen molar-refractivity contribution in [2.75, 3.05) is 5.73 Å². The zero-order valence-corrected chi connectivity index (χ0v) is 8.03. The van der Waals surface area contributed by atoms with Gasteiger partial charge in [-0.05, 0) is 24.1 Å². The molecule has 5 N–H and O–H groups in total. The lowest BCUT2D eigenvalue weighted by Crippen LogP contribution is -2.15. The first-order valence-corrected chi connectivity index (χ1v) is 4.34. The number of hydrogen-bond donors (Lipinski definition) is 3. The van der Waals surface area contributed by atoms with Crippen molar-refractivity contribution >= 4 is 11.7 Å². The van der Waals surface area contributed by atoms with E-state index in [1.807, 2.05) is 13.0 Å². The van der Waals surface area contributed by atoms with Crippen LogP contribution in [-0.4, -0.2) is 11.1 Å². The second-order valence-corrected chi connectivity index (χ2v) is 3.32. The third-order valence-electron chi connectivity index (χ3n) is 2.12. The predicted molar refractivity (Wildman–Crippen MR) is 54.8 cm³/mol. The Kier molecular flexibility index (Phi) is 3.09. The van der Waals surface area contributed by atoms with Gasteiger partial charge in [0.25, 0.3) is 0 Å². The number of nitrogen functional groups attached to an aromatic ring is 1. The van der Waals surface area contributed by atoms with Crippen molar-refractivity contribution in [2.45, 2.75) is 19.4 Å². The third kappa shape index (κ3) is 2.47. The quantitative estimate of drug-likeness (QED) is 0.627. The molecule has 1 aromatic rings. The lowest BCUT2D eigenvalue weighted by atomic mass is 10.0. The smallest absolute Gasteiger partial charge is 0.305 e. The minimum absolute atomic E-state index is 0.0661. The number of carboxylic acids is 1. The number of anilines is 1. The van der Waals surface area contributed by atoms with Crippen molar-refractivity contribution < 1.29 is 9.90 Å². The second-order valence-electron chi connectivity index (χ2n) is 3.32. The van der Waals surface area contributed by atoms with Crippen LogP contribution in [-0.2, 0) is 4.79 Å². The standard InChI is InChI=1S/C10H14N2O2/c1-6-4-7(2-3-8(6)11)9(12)5-10(13)14/h2-4,9H,5,11-12H2,1H3,(H,13,14)/t9-/m1/s1. The third-order valence-corrected chi connectivity index (χ3v) is 2.12. The van der Waals surface area contributed by atoms with Crippen molar-refractivity contribution in [3.63, 3.8) is 0 Å². The van der Waals surface area contributed by atoms with Gasteiger partial charge in [0.1, 0.15) is 0 Å². The van der Waals surface area contributed by atoms with Crippen LogP contribution in [0.2, 0.25) is 0 Å². The number of hydrogen-bond acceptors (Lipinski definition) is 3. The Balaban J connectivity index is 2.85. The first-order chi connectivity index (χ1) is 6.50. The van der Waals surface area contributed by atoms with Crippen molar-refractivity contribution in [3.05, 3.63) is 29.3 Å². The molecule has 76 valence electrons. The summed E-state index contributed by atoms with van der Waals surface area (Å²) in [5.41, 5.74) is 13.7. The molecule has 0 heterocycles. The summed E-state index contributed by atoms with van der Waals surface area (Å²) in [5, 5.41) is 8.56. The summed E-state index contributed by atoms with van der Waals surface area (Å²) in [7, 11) is 0. The number of benzene rings is 1. The van der Waals surface area contributed by atoms with Crippen LogP contribution in [0, 0.1) is 6.92 Å². The van der Waals surface area contributed by atoms with Crippen molar-refractivity contribution in [1.82, 2.24) is 0 Å². The van der Waals surface area contributed by atoms with Gasteiger partial charge in [-0.15, -0.1) is 0 Å². The number of carboxylic acid groups (broad SMARTS) is 1. The highest BCUT2D eigenvalue weighted by atomic mass is 16.4. The molecule has 4 nitrogen and oxygen atoms in total. The predicted octanol–water partition coefficient (Wildman–Crippen LogP) is 1.05. The number of aliphatic carboxylic acids is 1. The van der Waals surface area contributed by atoms with Gasteiger partial charge in [0.05, 0.1) is 6.42 Å². The van der Waals surface area contributed by atoms with Gasteiger partial charge in [0.2, 0.25) is 0 Å². The summed E-state index contributed by atoms with van der Waals surface area (Å²) < 4.78 is 0. The van der Waals surface area contributed by atoms with E-state index in [1.54, 1.807) is 12.1 Å². The van der Waals surface area contributed by atoms with Gasteiger partial charge in [-0.1, -0.05) is 12.1 Å². The summed E-state index contributed by atoms with van der Waals surface area (Å²) in [4.78, 5) is 10.4. The molecule has 0 aliphatic carbocycles. The lowest BCUT2D eigenvalue weighted by molar-refractivity contribution is -0.137. The molecule has 0 fully saturated rings. The fourth-order valence-electron chi connectivity index (χ4n) is 1.24. The van der Waals surface area contributed by atoms with Gasteiger partial charge in [-0.3, -0.25) is 4.79 Å². The molecule has 0 unspecified atom stereocenters. The Hall–Kier alpha value is -1.55. The van der Waals surface area contributed by atoms with Gasteiger partial charge in [0.15, 0.2) is 0 Å². The number of carbonyl (C=O) groups is 1. The van der Waals surface area contributed by atoms with E-state index < -0.39 is 12.0 Å². The van der Waals surface area contributed by atoms with Gasteiger partial charge < -0.3 is 16.6 Å². The van der Waals surface area contributed by atoms with Crippen LogP contribution >= 0.6 is 0 Å². The summed E-state index contributed by atoms with van der Waals surface area (Å²) in [6.07, 6.45) is -0.0661. The molecule has 0 spiro atoms. The fraction of sp³-hybridized carbons (Fsp3) is 0.300. The normalized spacial score (nSPS) is 12.4. The van der Waals surface area contributed by atoms with Crippen LogP contribution in [0.5, 0.6) is 0 Å². The molecular formula is C10H14N2O2. The maximum atomic E-state index is 10.4. The molecule has 1 aromatic carbocycles. The number of aryl methyl sites for hydroxylation is 1. The zero-order chi connectivity index (χ0) is 10.7. The topological polar surface area (TPSA) is 89.3 Å². The fourth-order valence-corrected chi connectivity index (χ4v) is 1.24. The highest BCUT2D eigenvalue weighted by molar-refractivity contribution is 5.68. The molecule has 1 rings (SSSR count). The average Bonchev–Trinajstić information content (AvgIpc) is 2.08. The van der Waals surface area contributed by atoms with Gasteiger partial charge in [-0.25, -0.2) is 0 Å². The van der Waals surface area contributed by atoms with E-state index in [9.17, 15) is 4.79 Å². The van der Waals surface area contributed by atoms with E-state index >= 15 is 0 Å². The van der Waals surface area contributed by atoms with E-state index in [0.29, 0.717) is 5.69 Å². The first-order valence-electron chi connectivity index (χ1n) is 4.34. The molecule has 14 heavy (non-hydrogen) atoms. The minimum Gasteiger partial charge on any atom is -0.481 e. The van der Waals surface area contributed by atoms with E-state index in [-0.39, 0.29) is 6.42 Å². The van der Waals surface area contributed by atoms with Crippen molar-refractivity contribution in [1.29, 1.82) is 0 Å². The average molecular weight is 194 g/mol. The first kappa shape index (κ1) is 10.5. The van der Waals surface area contributed by atoms with Crippen LogP contribution < -0.4 is 11.5 Å². The Morgan fingerprint density at radius 2 is 2.21 bits per heavy atom. The van der Waals surface area contributed by atoms with Crippen LogP contribution in [0.25, 0.3) is 0 Å². The number of rotatable bonds is 3. The Morgan fingerprint density at radius 1 is 1.57 bits per heavy atom. The highest BCUT2D eigenvalue weighted by Crippen LogP contribution is 2.19. The molecule has 0 saturated heterocycles.